The molecule has 5 nitrogen and oxygen atoms in total. The summed E-state index contributed by atoms with van der Waals surface area (Å²) < 4.78 is 0.929. The van der Waals surface area contributed by atoms with Crippen LogP contribution in [0.2, 0.25) is 0 Å². The predicted octanol–water partition coefficient (Wildman–Crippen LogP) is 1.40. The van der Waals surface area contributed by atoms with E-state index in [1.54, 1.807) is 19.2 Å². The van der Waals surface area contributed by atoms with Crippen molar-refractivity contribution < 1.29 is 14.7 Å². The molecule has 1 aromatic carbocycles. The lowest BCUT2D eigenvalue weighted by atomic mass is 10.3. The molecule has 17 heavy (non-hydrogen) atoms. The molecule has 6 heteroatoms. The van der Waals surface area contributed by atoms with E-state index in [1.165, 1.54) is 4.90 Å². The van der Waals surface area contributed by atoms with Crippen LogP contribution in [-0.2, 0) is 9.59 Å². The maximum absolute atomic E-state index is 11.5. The first-order chi connectivity index (χ1) is 7.97. The Morgan fingerprint density at radius 1 is 1.29 bits per heavy atom. The van der Waals surface area contributed by atoms with Crippen LogP contribution < -0.4 is 5.32 Å². The second-order valence-corrected chi connectivity index (χ2v) is 4.54. The number of anilines is 1. The van der Waals surface area contributed by atoms with Gasteiger partial charge in [-0.3, -0.25) is 14.5 Å². The van der Waals surface area contributed by atoms with Crippen molar-refractivity contribution in [2.45, 2.75) is 0 Å². The monoisotopic (exact) mass is 300 g/mol. The van der Waals surface area contributed by atoms with Gasteiger partial charge in [-0.15, -0.1) is 0 Å². The molecule has 0 saturated heterocycles. The molecule has 1 aromatic rings. The summed E-state index contributed by atoms with van der Waals surface area (Å²) in [7, 11) is 1.58. The Bertz CT molecular complexity index is 406. The SMILES string of the molecule is CN(CC(=O)O)CC(=O)Nc1ccc(Br)cc1. The molecule has 0 radical (unpaired) electrons. The molecule has 0 spiro atoms. The molecule has 0 unspecified atom stereocenters. The standard InChI is InChI=1S/C11H13BrN2O3/c1-14(7-11(16)17)6-10(15)13-9-4-2-8(12)3-5-9/h2-5H,6-7H2,1H3,(H,13,15)(H,16,17). The molecular formula is C11H13BrN2O3. The molecule has 0 atom stereocenters. The normalized spacial score (nSPS) is 10.3. The second kappa shape index (κ2) is 6.36. The lowest BCUT2D eigenvalue weighted by Crippen LogP contribution is -2.33. The molecule has 0 aliphatic carbocycles. The molecular weight excluding hydrogens is 288 g/mol. The Labute approximate surface area is 108 Å². The van der Waals surface area contributed by atoms with Crippen molar-refractivity contribution in [1.82, 2.24) is 4.90 Å². The average Bonchev–Trinajstić information content (AvgIpc) is 2.19. The minimum Gasteiger partial charge on any atom is -0.480 e. The fourth-order valence-electron chi connectivity index (χ4n) is 1.27. The number of hydrogen-bond acceptors (Lipinski definition) is 3. The Balaban J connectivity index is 2.44. The highest BCUT2D eigenvalue weighted by Gasteiger charge is 2.09. The zero-order valence-corrected chi connectivity index (χ0v) is 10.9. The summed E-state index contributed by atoms with van der Waals surface area (Å²) in [6.07, 6.45) is 0. The third kappa shape index (κ3) is 5.46. The summed E-state index contributed by atoms with van der Waals surface area (Å²) in [5.41, 5.74) is 0.682. The van der Waals surface area contributed by atoms with Crippen molar-refractivity contribution >= 4 is 33.5 Å². The number of likely N-dealkylation sites (N-methyl/N-ethyl adjacent to an activating group) is 1. The van der Waals surface area contributed by atoms with E-state index >= 15 is 0 Å². The Kier molecular flexibility index (Phi) is 5.11. The van der Waals surface area contributed by atoms with Crippen LogP contribution in [0.3, 0.4) is 0 Å². The van der Waals surface area contributed by atoms with Crippen molar-refractivity contribution in [1.29, 1.82) is 0 Å². The summed E-state index contributed by atoms with van der Waals surface area (Å²) in [6, 6.07) is 7.16. The van der Waals surface area contributed by atoms with Gasteiger partial charge in [-0.2, -0.15) is 0 Å². The van der Waals surface area contributed by atoms with Gasteiger partial charge in [0.05, 0.1) is 13.1 Å². The maximum atomic E-state index is 11.5. The van der Waals surface area contributed by atoms with Crippen LogP contribution in [0.5, 0.6) is 0 Å². The van der Waals surface area contributed by atoms with Gasteiger partial charge in [-0.1, -0.05) is 15.9 Å². The number of hydrogen-bond donors (Lipinski definition) is 2. The van der Waals surface area contributed by atoms with Gasteiger partial charge in [0.1, 0.15) is 0 Å². The zero-order valence-electron chi connectivity index (χ0n) is 9.31. The first-order valence-electron chi connectivity index (χ1n) is 4.93. The molecule has 0 aliphatic heterocycles. The van der Waals surface area contributed by atoms with E-state index in [4.69, 9.17) is 5.11 Å². The maximum Gasteiger partial charge on any atom is 0.317 e. The van der Waals surface area contributed by atoms with E-state index in [-0.39, 0.29) is 19.0 Å². The highest BCUT2D eigenvalue weighted by Crippen LogP contribution is 2.13. The smallest absolute Gasteiger partial charge is 0.317 e. The fraction of sp³-hybridized carbons (Fsp3) is 0.273. The van der Waals surface area contributed by atoms with E-state index < -0.39 is 5.97 Å². The molecule has 1 rings (SSSR count). The highest BCUT2D eigenvalue weighted by atomic mass is 79.9. The van der Waals surface area contributed by atoms with E-state index in [1.807, 2.05) is 12.1 Å². The summed E-state index contributed by atoms with van der Waals surface area (Å²) in [5, 5.41) is 11.2. The number of amides is 1. The van der Waals surface area contributed by atoms with Gasteiger partial charge in [-0.25, -0.2) is 0 Å². The number of nitrogens with zero attached hydrogens (tertiary/aromatic N) is 1. The van der Waals surface area contributed by atoms with Crippen molar-refractivity contribution in [3.8, 4) is 0 Å². The van der Waals surface area contributed by atoms with Crippen LogP contribution in [0, 0.1) is 0 Å². The van der Waals surface area contributed by atoms with Crippen molar-refractivity contribution in [2.24, 2.45) is 0 Å². The zero-order chi connectivity index (χ0) is 12.8. The van der Waals surface area contributed by atoms with Gasteiger partial charge in [0.15, 0.2) is 0 Å². The summed E-state index contributed by atoms with van der Waals surface area (Å²) in [6.45, 7) is -0.115. The molecule has 0 aromatic heterocycles. The van der Waals surface area contributed by atoms with Gasteiger partial charge in [0.2, 0.25) is 5.91 Å². The van der Waals surface area contributed by atoms with Gasteiger partial charge in [-0.05, 0) is 31.3 Å². The molecule has 0 saturated carbocycles. The van der Waals surface area contributed by atoms with E-state index in [2.05, 4.69) is 21.2 Å². The fourth-order valence-corrected chi connectivity index (χ4v) is 1.53. The number of aliphatic carboxylic acids is 1. The van der Waals surface area contributed by atoms with Crippen LogP contribution in [-0.4, -0.2) is 42.0 Å². The van der Waals surface area contributed by atoms with Gasteiger partial charge >= 0.3 is 5.97 Å². The number of benzene rings is 1. The highest BCUT2D eigenvalue weighted by molar-refractivity contribution is 9.10. The Hall–Kier alpha value is -1.40. The van der Waals surface area contributed by atoms with Crippen molar-refractivity contribution in [2.75, 3.05) is 25.5 Å². The molecule has 2 N–H and O–H groups in total. The summed E-state index contributed by atoms with van der Waals surface area (Å²) >= 11 is 3.29. The predicted molar refractivity (Wildman–Crippen MR) is 67.9 cm³/mol. The van der Waals surface area contributed by atoms with E-state index in [9.17, 15) is 9.59 Å². The Morgan fingerprint density at radius 3 is 2.41 bits per heavy atom. The molecule has 0 fully saturated rings. The number of carbonyl (C=O) groups excluding carboxylic acids is 1. The summed E-state index contributed by atoms with van der Waals surface area (Å²) in [4.78, 5) is 23.4. The van der Waals surface area contributed by atoms with Crippen LogP contribution in [0.4, 0.5) is 5.69 Å². The molecule has 92 valence electrons. The number of rotatable bonds is 5. The number of carbonyl (C=O) groups is 2. The lowest BCUT2D eigenvalue weighted by molar-refractivity contribution is -0.138. The lowest BCUT2D eigenvalue weighted by Gasteiger charge is -2.13. The average molecular weight is 301 g/mol. The Morgan fingerprint density at radius 2 is 1.88 bits per heavy atom. The molecule has 0 heterocycles. The third-order valence-electron chi connectivity index (χ3n) is 1.95. The van der Waals surface area contributed by atoms with Crippen LogP contribution in [0.1, 0.15) is 0 Å². The van der Waals surface area contributed by atoms with Crippen LogP contribution in [0.25, 0.3) is 0 Å². The van der Waals surface area contributed by atoms with Crippen LogP contribution >= 0.6 is 15.9 Å². The summed E-state index contributed by atoms with van der Waals surface area (Å²) in [5.74, 6) is -1.19. The first kappa shape index (κ1) is 13.7. The van der Waals surface area contributed by atoms with Crippen LogP contribution in [0.15, 0.2) is 28.7 Å². The number of carboxylic acid groups (broad SMARTS) is 1. The number of carboxylic acids is 1. The minimum atomic E-state index is -0.955. The molecule has 1 amide bonds. The third-order valence-corrected chi connectivity index (χ3v) is 2.48. The molecule has 0 bridgehead atoms. The van der Waals surface area contributed by atoms with E-state index in [0.717, 1.165) is 4.47 Å². The van der Waals surface area contributed by atoms with Gasteiger partial charge in [0, 0.05) is 10.2 Å². The number of nitrogens with one attached hydrogen (secondary N) is 1. The van der Waals surface area contributed by atoms with Crippen molar-refractivity contribution in [3.05, 3.63) is 28.7 Å². The minimum absolute atomic E-state index is 0.0440. The second-order valence-electron chi connectivity index (χ2n) is 3.62. The molecule has 0 aliphatic rings. The van der Waals surface area contributed by atoms with E-state index in [0.29, 0.717) is 5.69 Å². The number of halogens is 1. The van der Waals surface area contributed by atoms with Gasteiger partial charge < -0.3 is 10.4 Å². The van der Waals surface area contributed by atoms with Gasteiger partial charge in [0.25, 0.3) is 0 Å². The largest absolute Gasteiger partial charge is 0.480 e. The topological polar surface area (TPSA) is 69.6 Å². The first-order valence-corrected chi connectivity index (χ1v) is 5.72. The quantitative estimate of drug-likeness (QED) is 0.862. The van der Waals surface area contributed by atoms with Crippen molar-refractivity contribution in [3.63, 3.8) is 0 Å².